The monoisotopic (exact) mass is 272 g/mol. The topological polar surface area (TPSA) is 57.2 Å². The molecule has 1 aliphatic carbocycles. The Morgan fingerprint density at radius 3 is 2.95 bits per heavy atom. The number of carbonyl (C=O) groups is 1. The van der Waals surface area contributed by atoms with Crippen molar-refractivity contribution in [1.82, 2.24) is 4.57 Å². The molecule has 2 N–H and O–H groups in total. The molecule has 0 aliphatic heterocycles. The van der Waals surface area contributed by atoms with Gasteiger partial charge in [-0.3, -0.25) is 0 Å². The summed E-state index contributed by atoms with van der Waals surface area (Å²) in [5.74, 6) is -3.18. The van der Waals surface area contributed by atoms with Crippen LogP contribution in [-0.4, -0.2) is 29.6 Å². The summed E-state index contributed by atoms with van der Waals surface area (Å²) in [6, 6.07) is 1.66. The fourth-order valence-corrected chi connectivity index (χ4v) is 2.48. The lowest BCUT2D eigenvalue weighted by atomic mass is 9.94. The van der Waals surface area contributed by atoms with Gasteiger partial charge in [0.05, 0.1) is 13.0 Å². The average Bonchev–Trinajstić information content (AvgIpc) is 2.67. The van der Waals surface area contributed by atoms with E-state index in [4.69, 9.17) is 10.5 Å². The molecule has 0 spiro atoms. The van der Waals surface area contributed by atoms with Crippen LogP contribution in [-0.2, 0) is 24.1 Å². The first-order valence-electron chi connectivity index (χ1n) is 6.45. The molecule has 1 aromatic heterocycles. The molecule has 2 rings (SSSR count). The molecule has 0 atom stereocenters. The summed E-state index contributed by atoms with van der Waals surface area (Å²) in [4.78, 5) is 11.8. The lowest BCUT2D eigenvalue weighted by Crippen LogP contribution is -2.28. The Morgan fingerprint density at radius 2 is 2.32 bits per heavy atom. The minimum absolute atomic E-state index is 0.172. The molecule has 1 heterocycles. The van der Waals surface area contributed by atoms with Crippen molar-refractivity contribution in [2.45, 2.75) is 38.7 Å². The molecule has 0 bridgehead atoms. The van der Waals surface area contributed by atoms with E-state index in [1.807, 2.05) is 0 Å². The van der Waals surface area contributed by atoms with Crippen LogP contribution in [0, 0.1) is 0 Å². The van der Waals surface area contributed by atoms with Crippen LogP contribution in [0.5, 0.6) is 0 Å². The molecular formula is C13H18F2N2O2. The molecule has 0 amide bonds. The zero-order valence-corrected chi connectivity index (χ0v) is 10.9. The van der Waals surface area contributed by atoms with Crippen molar-refractivity contribution in [2.24, 2.45) is 5.73 Å². The van der Waals surface area contributed by atoms with Crippen molar-refractivity contribution in [3.8, 4) is 0 Å². The maximum atomic E-state index is 13.5. The van der Waals surface area contributed by atoms with Gasteiger partial charge in [0.2, 0.25) is 0 Å². The summed E-state index contributed by atoms with van der Waals surface area (Å²) in [7, 11) is 0. The summed E-state index contributed by atoms with van der Waals surface area (Å²) in [6.45, 7) is 2.61. The number of fused-ring (bicyclic) bond motifs is 1. The predicted molar refractivity (Wildman–Crippen MR) is 66.4 cm³/mol. The number of aryl methyl sites for hydroxylation is 1. The number of hydrogen-bond acceptors (Lipinski definition) is 3. The SMILES string of the molecule is CCOC(=O)c1cc2c(n1CCN)CC(F)(F)CC2. The van der Waals surface area contributed by atoms with E-state index in [0.29, 0.717) is 24.5 Å². The second-order valence-electron chi connectivity index (χ2n) is 4.70. The van der Waals surface area contributed by atoms with Crippen LogP contribution >= 0.6 is 0 Å². The Kier molecular flexibility index (Phi) is 3.89. The number of ether oxygens (including phenoxy) is 1. The largest absolute Gasteiger partial charge is 0.461 e. The van der Waals surface area contributed by atoms with Gasteiger partial charge in [-0.1, -0.05) is 0 Å². The summed E-state index contributed by atoms with van der Waals surface area (Å²) in [5.41, 5.74) is 7.16. The van der Waals surface area contributed by atoms with Gasteiger partial charge in [-0.25, -0.2) is 13.6 Å². The molecule has 0 unspecified atom stereocenters. The van der Waals surface area contributed by atoms with Crippen LogP contribution in [0.15, 0.2) is 6.07 Å². The normalized spacial score (nSPS) is 17.1. The van der Waals surface area contributed by atoms with Gasteiger partial charge in [-0.15, -0.1) is 0 Å². The van der Waals surface area contributed by atoms with Crippen molar-refractivity contribution in [2.75, 3.05) is 13.2 Å². The number of aromatic nitrogens is 1. The van der Waals surface area contributed by atoms with E-state index >= 15 is 0 Å². The van der Waals surface area contributed by atoms with Crippen LogP contribution in [0.4, 0.5) is 8.78 Å². The summed E-state index contributed by atoms with van der Waals surface area (Å²) in [6.07, 6.45) is -0.219. The first-order valence-corrected chi connectivity index (χ1v) is 6.45. The maximum Gasteiger partial charge on any atom is 0.354 e. The average molecular weight is 272 g/mol. The first kappa shape index (κ1) is 14.0. The molecule has 1 aromatic rings. The fraction of sp³-hybridized carbons (Fsp3) is 0.615. The highest BCUT2D eigenvalue weighted by Gasteiger charge is 2.37. The molecule has 0 saturated carbocycles. The van der Waals surface area contributed by atoms with Crippen molar-refractivity contribution in [1.29, 1.82) is 0 Å². The third-order valence-electron chi connectivity index (χ3n) is 3.32. The molecule has 106 valence electrons. The van der Waals surface area contributed by atoms with E-state index in [2.05, 4.69) is 0 Å². The molecule has 19 heavy (non-hydrogen) atoms. The van der Waals surface area contributed by atoms with E-state index in [9.17, 15) is 13.6 Å². The molecule has 0 fully saturated rings. The third-order valence-corrected chi connectivity index (χ3v) is 3.32. The molecule has 1 aliphatic rings. The maximum absolute atomic E-state index is 13.5. The fourth-order valence-electron chi connectivity index (χ4n) is 2.48. The van der Waals surface area contributed by atoms with E-state index in [0.717, 1.165) is 5.56 Å². The summed E-state index contributed by atoms with van der Waals surface area (Å²) >= 11 is 0. The van der Waals surface area contributed by atoms with Gasteiger partial charge in [-0.2, -0.15) is 0 Å². The van der Waals surface area contributed by atoms with E-state index in [1.54, 1.807) is 17.6 Å². The van der Waals surface area contributed by atoms with Crippen LogP contribution in [0.2, 0.25) is 0 Å². The molecular weight excluding hydrogens is 254 g/mol. The number of halogens is 2. The van der Waals surface area contributed by atoms with Gasteiger partial charge in [0.1, 0.15) is 5.69 Å². The third kappa shape index (κ3) is 2.78. The number of alkyl halides is 2. The number of hydrogen-bond donors (Lipinski definition) is 1. The number of nitrogens with two attached hydrogens (primary N) is 1. The van der Waals surface area contributed by atoms with Crippen molar-refractivity contribution in [3.63, 3.8) is 0 Å². The molecule has 4 nitrogen and oxygen atoms in total. The van der Waals surface area contributed by atoms with Gasteiger partial charge >= 0.3 is 5.97 Å². The van der Waals surface area contributed by atoms with Gasteiger partial charge < -0.3 is 15.0 Å². The number of nitrogens with zero attached hydrogens (tertiary/aromatic N) is 1. The van der Waals surface area contributed by atoms with Crippen LogP contribution in [0.25, 0.3) is 0 Å². The highest BCUT2D eigenvalue weighted by molar-refractivity contribution is 5.88. The van der Waals surface area contributed by atoms with Gasteiger partial charge in [0.15, 0.2) is 0 Å². The number of rotatable bonds is 4. The summed E-state index contributed by atoms with van der Waals surface area (Å²) in [5, 5.41) is 0. The second-order valence-corrected chi connectivity index (χ2v) is 4.70. The lowest BCUT2D eigenvalue weighted by molar-refractivity contribution is -0.0141. The van der Waals surface area contributed by atoms with Crippen LogP contribution < -0.4 is 5.73 Å². The van der Waals surface area contributed by atoms with E-state index in [1.165, 1.54) is 0 Å². The van der Waals surface area contributed by atoms with Crippen molar-refractivity contribution < 1.29 is 18.3 Å². The minimum Gasteiger partial charge on any atom is -0.461 e. The van der Waals surface area contributed by atoms with Crippen molar-refractivity contribution in [3.05, 3.63) is 23.0 Å². The smallest absolute Gasteiger partial charge is 0.354 e. The standard InChI is InChI=1S/C13H18F2N2O2/c1-2-19-12(18)10-7-9-3-4-13(14,15)8-11(9)17(10)6-5-16/h7H,2-6,8,16H2,1H3. The van der Waals surface area contributed by atoms with Crippen LogP contribution in [0.3, 0.4) is 0 Å². The molecule has 0 saturated heterocycles. The quantitative estimate of drug-likeness (QED) is 0.849. The van der Waals surface area contributed by atoms with E-state index in [-0.39, 0.29) is 25.9 Å². The molecule has 0 aromatic carbocycles. The minimum atomic E-state index is -2.70. The van der Waals surface area contributed by atoms with Gasteiger partial charge in [-0.05, 0) is 25.0 Å². The summed E-state index contributed by atoms with van der Waals surface area (Å²) < 4.78 is 33.5. The number of carbonyl (C=O) groups excluding carboxylic acids is 1. The highest BCUT2D eigenvalue weighted by Crippen LogP contribution is 2.34. The lowest BCUT2D eigenvalue weighted by Gasteiger charge is -2.24. The zero-order valence-electron chi connectivity index (χ0n) is 10.9. The zero-order chi connectivity index (χ0) is 14.0. The molecule has 6 heteroatoms. The predicted octanol–water partition coefficient (Wildman–Crippen LogP) is 1.75. The number of esters is 1. The first-order chi connectivity index (χ1) is 8.98. The Balaban J connectivity index is 2.40. The Bertz CT molecular complexity index is 483. The van der Waals surface area contributed by atoms with E-state index < -0.39 is 11.9 Å². The van der Waals surface area contributed by atoms with Gasteiger partial charge in [0, 0.05) is 25.2 Å². The Hall–Kier alpha value is -1.43. The Labute approximate surface area is 110 Å². The van der Waals surface area contributed by atoms with Crippen molar-refractivity contribution >= 4 is 5.97 Å². The highest BCUT2D eigenvalue weighted by atomic mass is 19.3. The van der Waals surface area contributed by atoms with Gasteiger partial charge in [0.25, 0.3) is 5.92 Å². The Morgan fingerprint density at radius 1 is 1.58 bits per heavy atom. The second kappa shape index (κ2) is 5.28. The molecule has 0 radical (unpaired) electrons. The van der Waals surface area contributed by atoms with Crippen LogP contribution in [0.1, 0.15) is 35.1 Å².